The molecule has 0 N–H and O–H groups in total. The van der Waals surface area contributed by atoms with E-state index >= 15 is 0 Å². The fourth-order valence-corrected chi connectivity index (χ4v) is 3.95. The van der Waals surface area contributed by atoms with Gasteiger partial charge in [-0.2, -0.15) is 5.26 Å². The molecule has 0 aliphatic carbocycles. The lowest BCUT2D eigenvalue weighted by atomic mass is 10.0. The zero-order valence-corrected chi connectivity index (χ0v) is 16.1. The second-order valence-electron chi connectivity index (χ2n) is 7.27. The monoisotopic (exact) mass is 387 g/mol. The Morgan fingerprint density at radius 3 is 2.59 bits per heavy atom. The predicted octanol–water partition coefficient (Wildman–Crippen LogP) is 4.83. The first-order valence-electron chi connectivity index (χ1n) is 9.91. The van der Waals surface area contributed by atoms with Gasteiger partial charge in [0.1, 0.15) is 5.82 Å². The van der Waals surface area contributed by atoms with Gasteiger partial charge in [0, 0.05) is 30.3 Å². The van der Waals surface area contributed by atoms with Crippen LogP contribution in [0.1, 0.15) is 30.4 Å². The van der Waals surface area contributed by atoms with Crippen molar-refractivity contribution in [1.82, 2.24) is 5.01 Å². The van der Waals surface area contributed by atoms with Crippen molar-refractivity contribution >= 4 is 22.4 Å². The van der Waals surface area contributed by atoms with Gasteiger partial charge in [-0.15, -0.1) is 0 Å². The number of fused-ring (bicyclic) bond motifs is 1. The maximum Gasteiger partial charge on any atom is 0.241 e. The van der Waals surface area contributed by atoms with Crippen molar-refractivity contribution in [3.63, 3.8) is 0 Å². The lowest BCUT2D eigenvalue weighted by molar-refractivity contribution is -0.132. The van der Waals surface area contributed by atoms with Crippen LogP contribution in [0.3, 0.4) is 0 Å². The van der Waals surface area contributed by atoms with Gasteiger partial charge in [-0.25, -0.2) is 4.39 Å². The van der Waals surface area contributed by atoms with Crippen LogP contribution in [0.5, 0.6) is 0 Å². The Hall–Kier alpha value is -3.39. The highest BCUT2D eigenvalue weighted by molar-refractivity contribution is 5.98. The van der Waals surface area contributed by atoms with Crippen molar-refractivity contribution in [2.75, 3.05) is 18.1 Å². The van der Waals surface area contributed by atoms with Crippen molar-refractivity contribution in [1.29, 1.82) is 5.26 Å². The van der Waals surface area contributed by atoms with Crippen LogP contribution in [0.15, 0.2) is 60.7 Å². The molecular formula is C24H22FN3O. The van der Waals surface area contributed by atoms with Gasteiger partial charge in [-0.1, -0.05) is 36.4 Å². The van der Waals surface area contributed by atoms with Crippen molar-refractivity contribution in [3.05, 3.63) is 77.6 Å². The maximum atomic E-state index is 13.4. The minimum Gasteiger partial charge on any atom is -0.282 e. The number of halogens is 1. The standard InChI is InChI=1S/C24H22FN3O/c25-20-7-5-6-18(16-20)10-13-24(29)28-15-4-3-14-27(28)23-12-11-19(17-26)21-8-1-2-9-22(21)23/h1-2,5-9,11-12,16H,3-4,10,13-15H2. The van der Waals surface area contributed by atoms with Crippen molar-refractivity contribution in [2.24, 2.45) is 0 Å². The molecule has 1 saturated heterocycles. The van der Waals surface area contributed by atoms with E-state index in [1.807, 2.05) is 52.5 Å². The van der Waals surface area contributed by atoms with Crippen LogP contribution in [0, 0.1) is 17.1 Å². The number of carbonyl (C=O) groups is 1. The van der Waals surface area contributed by atoms with E-state index in [0.717, 1.165) is 41.4 Å². The third-order valence-electron chi connectivity index (χ3n) is 5.39. The molecule has 4 rings (SSSR count). The lowest BCUT2D eigenvalue weighted by Gasteiger charge is -2.41. The van der Waals surface area contributed by atoms with Crippen LogP contribution in [-0.2, 0) is 11.2 Å². The summed E-state index contributed by atoms with van der Waals surface area (Å²) < 4.78 is 13.4. The summed E-state index contributed by atoms with van der Waals surface area (Å²) in [7, 11) is 0. The zero-order chi connectivity index (χ0) is 20.2. The zero-order valence-electron chi connectivity index (χ0n) is 16.1. The Morgan fingerprint density at radius 1 is 1.00 bits per heavy atom. The van der Waals surface area contributed by atoms with E-state index < -0.39 is 0 Å². The summed E-state index contributed by atoms with van der Waals surface area (Å²) in [6.45, 7) is 1.41. The number of aryl methyl sites for hydroxylation is 1. The molecule has 3 aromatic carbocycles. The molecular weight excluding hydrogens is 365 g/mol. The molecule has 0 aromatic heterocycles. The normalized spacial score (nSPS) is 14.1. The van der Waals surface area contributed by atoms with Gasteiger partial charge in [0.25, 0.3) is 0 Å². The molecule has 0 radical (unpaired) electrons. The van der Waals surface area contributed by atoms with Crippen molar-refractivity contribution < 1.29 is 9.18 Å². The molecule has 146 valence electrons. The van der Waals surface area contributed by atoms with Crippen LogP contribution in [-0.4, -0.2) is 24.0 Å². The molecule has 0 atom stereocenters. The summed E-state index contributed by atoms with van der Waals surface area (Å²) in [5.74, 6) is -0.249. The molecule has 1 aliphatic rings. The molecule has 4 nitrogen and oxygen atoms in total. The quantitative estimate of drug-likeness (QED) is 0.644. The highest BCUT2D eigenvalue weighted by Crippen LogP contribution is 2.32. The number of hydrogen-bond acceptors (Lipinski definition) is 3. The smallest absolute Gasteiger partial charge is 0.241 e. The minimum absolute atomic E-state index is 0.0300. The van der Waals surface area contributed by atoms with E-state index in [0.29, 0.717) is 24.9 Å². The van der Waals surface area contributed by atoms with Gasteiger partial charge in [0.15, 0.2) is 0 Å². The fraction of sp³-hybridized carbons (Fsp3) is 0.250. The van der Waals surface area contributed by atoms with Gasteiger partial charge >= 0.3 is 0 Å². The van der Waals surface area contributed by atoms with E-state index in [1.165, 1.54) is 12.1 Å². The third kappa shape index (κ3) is 3.93. The first kappa shape index (κ1) is 18.9. The van der Waals surface area contributed by atoms with E-state index in [2.05, 4.69) is 6.07 Å². The summed E-state index contributed by atoms with van der Waals surface area (Å²) in [5, 5.41) is 15.1. The summed E-state index contributed by atoms with van der Waals surface area (Å²) in [5.41, 5.74) is 2.40. The summed E-state index contributed by atoms with van der Waals surface area (Å²) in [4.78, 5) is 13.0. The van der Waals surface area contributed by atoms with E-state index in [9.17, 15) is 14.4 Å². The molecule has 3 aromatic rings. The van der Waals surface area contributed by atoms with Crippen LogP contribution in [0.2, 0.25) is 0 Å². The Morgan fingerprint density at radius 2 is 1.79 bits per heavy atom. The Bertz CT molecular complexity index is 1090. The van der Waals surface area contributed by atoms with Crippen LogP contribution in [0.25, 0.3) is 10.8 Å². The third-order valence-corrected chi connectivity index (χ3v) is 5.39. The molecule has 0 bridgehead atoms. The predicted molar refractivity (Wildman–Crippen MR) is 112 cm³/mol. The van der Waals surface area contributed by atoms with Crippen LogP contribution in [0.4, 0.5) is 10.1 Å². The molecule has 1 aliphatic heterocycles. The number of anilines is 1. The number of benzene rings is 3. The molecule has 1 amide bonds. The Labute approximate surface area is 169 Å². The Balaban J connectivity index is 1.60. The van der Waals surface area contributed by atoms with Gasteiger partial charge in [-0.05, 0) is 49.1 Å². The minimum atomic E-state index is -0.279. The number of hydrogen-bond donors (Lipinski definition) is 0. The molecule has 0 unspecified atom stereocenters. The number of rotatable bonds is 4. The summed E-state index contributed by atoms with van der Waals surface area (Å²) >= 11 is 0. The summed E-state index contributed by atoms with van der Waals surface area (Å²) in [6.07, 6.45) is 2.79. The molecule has 29 heavy (non-hydrogen) atoms. The van der Waals surface area contributed by atoms with E-state index in [4.69, 9.17) is 0 Å². The molecule has 1 fully saturated rings. The van der Waals surface area contributed by atoms with Crippen LogP contribution >= 0.6 is 0 Å². The topological polar surface area (TPSA) is 47.3 Å². The average molecular weight is 387 g/mol. The molecule has 5 heteroatoms. The summed E-state index contributed by atoms with van der Waals surface area (Å²) in [6, 6.07) is 20.2. The van der Waals surface area contributed by atoms with Gasteiger partial charge < -0.3 is 0 Å². The first-order chi connectivity index (χ1) is 14.2. The largest absolute Gasteiger partial charge is 0.282 e. The number of amides is 1. The number of nitrogens with zero attached hydrogens (tertiary/aromatic N) is 3. The number of carbonyl (C=O) groups excluding carboxylic acids is 1. The van der Waals surface area contributed by atoms with Crippen molar-refractivity contribution in [2.45, 2.75) is 25.7 Å². The average Bonchev–Trinajstić information content (AvgIpc) is 2.77. The van der Waals surface area contributed by atoms with Crippen LogP contribution < -0.4 is 5.01 Å². The SMILES string of the molecule is N#Cc1ccc(N2CCCCN2C(=O)CCc2cccc(F)c2)c2ccccc12. The molecule has 1 heterocycles. The molecule has 0 spiro atoms. The lowest BCUT2D eigenvalue weighted by Crippen LogP contribution is -2.50. The van der Waals surface area contributed by atoms with Gasteiger partial charge in [-0.3, -0.25) is 14.8 Å². The highest BCUT2D eigenvalue weighted by Gasteiger charge is 2.26. The number of hydrazine groups is 1. The maximum absolute atomic E-state index is 13.4. The second kappa shape index (κ2) is 8.32. The first-order valence-corrected chi connectivity index (χ1v) is 9.91. The fourth-order valence-electron chi connectivity index (χ4n) is 3.95. The highest BCUT2D eigenvalue weighted by atomic mass is 19.1. The van der Waals surface area contributed by atoms with Gasteiger partial charge in [0.05, 0.1) is 17.3 Å². The Kier molecular flexibility index (Phi) is 5.44. The van der Waals surface area contributed by atoms with E-state index in [1.54, 1.807) is 6.07 Å². The second-order valence-corrected chi connectivity index (χ2v) is 7.27. The van der Waals surface area contributed by atoms with E-state index in [-0.39, 0.29) is 11.7 Å². The number of nitriles is 1. The van der Waals surface area contributed by atoms with Crippen molar-refractivity contribution in [3.8, 4) is 6.07 Å². The molecule has 0 saturated carbocycles. The van der Waals surface area contributed by atoms with Gasteiger partial charge in [0.2, 0.25) is 5.91 Å².